The number of nitrogens with zero attached hydrogens (tertiary/aromatic N) is 2. The van der Waals surface area contributed by atoms with Gasteiger partial charge in [-0.25, -0.2) is 12.7 Å². The minimum absolute atomic E-state index is 0.128. The van der Waals surface area contributed by atoms with E-state index in [1.165, 1.54) is 17.8 Å². The lowest BCUT2D eigenvalue weighted by molar-refractivity contribution is -0.141. The summed E-state index contributed by atoms with van der Waals surface area (Å²) >= 11 is 6.01. The molecule has 196 valence electrons. The van der Waals surface area contributed by atoms with Crippen LogP contribution in [-0.4, -0.2) is 55.1 Å². The van der Waals surface area contributed by atoms with Crippen LogP contribution in [0.15, 0.2) is 59.5 Å². The first-order valence-electron chi connectivity index (χ1n) is 12.5. The van der Waals surface area contributed by atoms with E-state index in [2.05, 4.69) is 5.32 Å². The third kappa shape index (κ3) is 7.79. The lowest BCUT2D eigenvalue weighted by atomic mass is 9.95. The molecule has 1 fully saturated rings. The van der Waals surface area contributed by atoms with E-state index in [1.54, 1.807) is 54.3 Å². The minimum Gasteiger partial charge on any atom is -0.352 e. The first-order chi connectivity index (χ1) is 17.2. The fraction of sp³-hybridized carbons (Fsp3) is 0.481. The topological polar surface area (TPSA) is 86.8 Å². The second-order valence-corrected chi connectivity index (χ2v) is 11.9. The van der Waals surface area contributed by atoms with Crippen LogP contribution in [0.3, 0.4) is 0 Å². The van der Waals surface area contributed by atoms with Crippen LogP contribution >= 0.6 is 11.6 Å². The second-order valence-electron chi connectivity index (χ2n) is 9.41. The molecule has 1 aliphatic rings. The van der Waals surface area contributed by atoms with Crippen LogP contribution < -0.4 is 5.32 Å². The molecule has 0 bridgehead atoms. The van der Waals surface area contributed by atoms with Gasteiger partial charge in [0.05, 0.1) is 4.90 Å². The number of benzene rings is 2. The van der Waals surface area contributed by atoms with Gasteiger partial charge < -0.3 is 10.2 Å². The molecule has 0 heterocycles. The van der Waals surface area contributed by atoms with Gasteiger partial charge in [0.2, 0.25) is 21.8 Å². The quantitative estimate of drug-likeness (QED) is 0.457. The lowest BCUT2D eigenvalue weighted by Crippen LogP contribution is -2.50. The van der Waals surface area contributed by atoms with Crippen molar-refractivity contribution < 1.29 is 18.0 Å². The van der Waals surface area contributed by atoms with Crippen LogP contribution in [0.4, 0.5) is 0 Å². The van der Waals surface area contributed by atoms with Gasteiger partial charge in [-0.1, -0.05) is 61.2 Å². The van der Waals surface area contributed by atoms with E-state index in [-0.39, 0.29) is 42.3 Å². The number of amides is 2. The van der Waals surface area contributed by atoms with E-state index in [0.717, 1.165) is 31.2 Å². The molecule has 1 aliphatic carbocycles. The zero-order valence-corrected chi connectivity index (χ0v) is 22.6. The lowest BCUT2D eigenvalue weighted by Gasteiger charge is -2.31. The zero-order valence-electron chi connectivity index (χ0n) is 21.0. The van der Waals surface area contributed by atoms with Crippen LogP contribution in [-0.2, 0) is 26.2 Å². The van der Waals surface area contributed by atoms with Gasteiger partial charge in [0.15, 0.2) is 0 Å². The van der Waals surface area contributed by atoms with Crippen molar-refractivity contribution in [3.63, 3.8) is 0 Å². The number of sulfonamides is 1. The van der Waals surface area contributed by atoms with Crippen molar-refractivity contribution in [2.24, 2.45) is 0 Å². The smallest absolute Gasteiger partial charge is 0.242 e. The van der Waals surface area contributed by atoms with Crippen molar-refractivity contribution in [2.45, 2.75) is 75.4 Å². The number of carbonyl (C=O) groups excluding carboxylic acids is 2. The molecule has 0 aromatic heterocycles. The molecule has 0 saturated heterocycles. The molecule has 2 aromatic carbocycles. The molecule has 3 rings (SSSR count). The first kappa shape index (κ1) is 28.2. The van der Waals surface area contributed by atoms with Gasteiger partial charge in [0.25, 0.3) is 0 Å². The van der Waals surface area contributed by atoms with E-state index in [1.807, 2.05) is 12.1 Å². The van der Waals surface area contributed by atoms with Crippen LogP contribution in [0.5, 0.6) is 0 Å². The molecule has 1 N–H and O–H groups in total. The average Bonchev–Trinajstić information content (AvgIpc) is 2.88. The molecule has 0 spiro atoms. The van der Waals surface area contributed by atoms with Crippen LogP contribution in [0.1, 0.15) is 57.4 Å². The number of hydrogen-bond acceptors (Lipinski definition) is 4. The Morgan fingerprint density at radius 2 is 1.67 bits per heavy atom. The third-order valence-electron chi connectivity index (χ3n) is 6.70. The van der Waals surface area contributed by atoms with Crippen LogP contribution in [0, 0.1) is 0 Å². The minimum atomic E-state index is -3.62. The van der Waals surface area contributed by atoms with Gasteiger partial charge in [-0.05, 0) is 56.0 Å². The van der Waals surface area contributed by atoms with Gasteiger partial charge in [-0.3, -0.25) is 9.59 Å². The van der Waals surface area contributed by atoms with Crippen molar-refractivity contribution >= 4 is 33.4 Å². The van der Waals surface area contributed by atoms with Crippen molar-refractivity contribution in [3.05, 3.63) is 65.2 Å². The van der Waals surface area contributed by atoms with Crippen LogP contribution in [0.2, 0.25) is 5.02 Å². The molecule has 0 aliphatic heterocycles. The standard InChI is InChI=1S/C27H36ClN3O4S/c1-21(27(33)29-24-10-5-3-6-11-24)31(20-22-15-17-23(28)18-16-22)26(32)14-9-19-30(2)36(34,35)25-12-7-4-8-13-25/h4,7-8,12-13,15-18,21,24H,3,5-6,9-11,14,19-20H2,1-2H3,(H,29,33)/t21-/m0/s1. The van der Waals surface area contributed by atoms with Gasteiger partial charge in [-0.15, -0.1) is 0 Å². The summed E-state index contributed by atoms with van der Waals surface area (Å²) in [5.74, 6) is -0.352. The van der Waals surface area contributed by atoms with Crippen molar-refractivity contribution in [3.8, 4) is 0 Å². The summed E-state index contributed by atoms with van der Waals surface area (Å²) in [6, 6.07) is 14.9. The molecule has 1 atom stereocenters. The maximum Gasteiger partial charge on any atom is 0.242 e. The summed E-state index contributed by atoms with van der Waals surface area (Å²) in [7, 11) is -2.11. The van der Waals surface area contributed by atoms with Crippen LogP contribution in [0.25, 0.3) is 0 Å². The summed E-state index contributed by atoms with van der Waals surface area (Å²) in [6.07, 6.45) is 5.80. The third-order valence-corrected chi connectivity index (χ3v) is 8.82. The highest BCUT2D eigenvalue weighted by Crippen LogP contribution is 2.20. The fourth-order valence-corrected chi connectivity index (χ4v) is 5.78. The molecule has 2 aromatic rings. The fourth-order valence-electron chi connectivity index (χ4n) is 4.43. The normalized spacial score (nSPS) is 15.4. The van der Waals surface area contributed by atoms with E-state index in [0.29, 0.717) is 11.4 Å². The molecule has 0 unspecified atom stereocenters. The highest BCUT2D eigenvalue weighted by Gasteiger charge is 2.28. The van der Waals surface area contributed by atoms with Crippen molar-refractivity contribution in [2.75, 3.05) is 13.6 Å². The number of nitrogens with one attached hydrogen (secondary N) is 1. The Morgan fingerprint density at radius 3 is 2.31 bits per heavy atom. The Bertz CT molecular complexity index is 1100. The highest BCUT2D eigenvalue weighted by molar-refractivity contribution is 7.89. The molecule has 9 heteroatoms. The monoisotopic (exact) mass is 533 g/mol. The molecule has 0 radical (unpaired) electrons. The summed E-state index contributed by atoms with van der Waals surface area (Å²) in [5, 5.41) is 3.72. The molecular weight excluding hydrogens is 498 g/mol. The predicted molar refractivity (Wildman–Crippen MR) is 142 cm³/mol. The summed E-state index contributed by atoms with van der Waals surface area (Å²) in [4.78, 5) is 28.2. The van der Waals surface area contributed by atoms with E-state index in [4.69, 9.17) is 11.6 Å². The zero-order chi connectivity index (χ0) is 26.1. The maximum atomic E-state index is 13.3. The van der Waals surface area contributed by atoms with E-state index >= 15 is 0 Å². The molecule has 7 nitrogen and oxygen atoms in total. The maximum absolute atomic E-state index is 13.3. The SMILES string of the molecule is C[C@@H](C(=O)NC1CCCCC1)N(Cc1ccc(Cl)cc1)C(=O)CCCN(C)S(=O)(=O)c1ccccc1. The number of halogens is 1. The largest absolute Gasteiger partial charge is 0.352 e. The molecule has 36 heavy (non-hydrogen) atoms. The summed E-state index contributed by atoms with van der Waals surface area (Å²) in [6.45, 7) is 2.21. The van der Waals surface area contributed by atoms with Crippen molar-refractivity contribution in [1.82, 2.24) is 14.5 Å². The number of carbonyl (C=O) groups is 2. The van der Waals surface area contributed by atoms with Gasteiger partial charge in [0.1, 0.15) is 6.04 Å². The Hall–Kier alpha value is -2.42. The van der Waals surface area contributed by atoms with E-state index < -0.39 is 16.1 Å². The van der Waals surface area contributed by atoms with Crippen molar-refractivity contribution in [1.29, 1.82) is 0 Å². The van der Waals surface area contributed by atoms with Gasteiger partial charge in [0, 0.05) is 37.6 Å². The Balaban J connectivity index is 1.64. The Labute approximate surface area is 219 Å². The highest BCUT2D eigenvalue weighted by atomic mass is 35.5. The number of hydrogen-bond donors (Lipinski definition) is 1. The second kappa shape index (κ2) is 13.2. The molecular formula is C27H36ClN3O4S. The Morgan fingerprint density at radius 1 is 1.03 bits per heavy atom. The molecule has 2 amide bonds. The first-order valence-corrected chi connectivity index (χ1v) is 14.4. The van der Waals surface area contributed by atoms with Gasteiger partial charge >= 0.3 is 0 Å². The molecule has 1 saturated carbocycles. The average molecular weight is 534 g/mol. The number of rotatable bonds is 11. The Kier molecular flexibility index (Phi) is 10.3. The van der Waals surface area contributed by atoms with E-state index in [9.17, 15) is 18.0 Å². The summed E-state index contributed by atoms with van der Waals surface area (Å²) < 4.78 is 26.8. The predicted octanol–water partition coefficient (Wildman–Crippen LogP) is 4.61. The van der Waals surface area contributed by atoms with Gasteiger partial charge in [-0.2, -0.15) is 0 Å². The summed E-state index contributed by atoms with van der Waals surface area (Å²) in [5.41, 5.74) is 0.869.